The fourth-order valence-corrected chi connectivity index (χ4v) is 3.71. The largest absolute Gasteiger partial charge is 0.389 e. The fraction of sp³-hybridized carbons (Fsp3) is 0.692. The van der Waals surface area contributed by atoms with Crippen LogP contribution in [0.1, 0.15) is 32.6 Å². The summed E-state index contributed by atoms with van der Waals surface area (Å²) in [7, 11) is -2.20. The van der Waals surface area contributed by atoms with Crippen molar-refractivity contribution in [3.8, 4) is 0 Å². The number of rotatable bonds is 6. The highest BCUT2D eigenvalue weighted by Crippen LogP contribution is 2.31. The van der Waals surface area contributed by atoms with E-state index in [9.17, 15) is 13.5 Å². The summed E-state index contributed by atoms with van der Waals surface area (Å²) >= 11 is 0. The first-order valence-electron chi connectivity index (χ1n) is 7.12. The lowest BCUT2D eigenvalue weighted by molar-refractivity contribution is 0.0333. The molecule has 0 unspecified atom stereocenters. The van der Waals surface area contributed by atoms with Crippen molar-refractivity contribution in [3.05, 3.63) is 12.4 Å². The first kappa shape index (κ1) is 16.1. The Kier molecular flexibility index (Phi) is 4.80. The molecule has 1 aromatic heterocycles. The van der Waals surface area contributed by atoms with E-state index < -0.39 is 15.6 Å². The average Bonchev–Trinajstić information content (AvgIpc) is 2.86. The number of aliphatic hydroxyl groups is 1. The van der Waals surface area contributed by atoms with Gasteiger partial charge < -0.3 is 10.4 Å². The van der Waals surface area contributed by atoms with E-state index in [4.69, 9.17) is 0 Å². The summed E-state index contributed by atoms with van der Waals surface area (Å²) in [5.41, 5.74) is -0.910. The molecule has 7 nitrogen and oxygen atoms in total. The molecule has 2 rings (SSSR count). The highest BCUT2D eigenvalue weighted by atomic mass is 32.2. The number of likely N-dealkylation sites (N-methyl/N-ethyl adjacent to an activating group) is 1. The van der Waals surface area contributed by atoms with Crippen molar-refractivity contribution >= 4 is 16.0 Å². The summed E-state index contributed by atoms with van der Waals surface area (Å²) in [4.78, 5) is 7.99. The molecule has 0 amide bonds. The molecule has 0 aromatic carbocycles. The Bertz CT molecular complexity index is 568. The molecule has 2 N–H and O–H groups in total. The predicted molar refractivity (Wildman–Crippen MR) is 79.4 cm³/mol. The lowest BCUT2D eigenvalue weighted by atomic mass is 10.0. The number of sulfonamides is 1. The van der Waals surface area contributed by atoms with Crippen molar-refractivity contribution in [2.75, 3.05) is 25.5 Å². The smallest absolute Gasteiger partial charge is 0.245 e. The van der Waals surface area contributed by atoms with E-state index in [0.717, 1.165) is 12.8 Å². The van der Waals surface area contributed by atoms with Crippen molar-refractivity contribution in [1.29, 1.82) is 0 Å². The van der Waals surface area contributed by atoms with Gasteiger partial charge in [0.1, 0.15) is 4.90 Å². The molecule has 1 heterocycles. The number of anilines is 1. The van der Waals surface area contributed by atoms with Gasteiger partial charge >= 0.3 is 0 Å². The molecule has 0 saturated heterocycles. The summed E-state index contributed by atoms with van der Waals surface area (Å²) < 4.78 is 26.1. The summed E-state index contributed by atoms with van der Waals surface area (Å²) in [6.45, 7) is 2.67. The van der Waals surface area contributed by atoms with Gasteiger partial charge in [0, 0.05) is 20.1 Å². The molecule has 0 aliphatic heterocycles. The van der Waals surface area contributed by atoms with Gasteiger partial charge in [0.25, 0.3) is 0 Å². The third-order valence-corrected chi connectivity index (χ3v) is 5.48. The molecule has 1 fully saturated rings. The normalized spacial score (nSPS) is 18.1. The highest BCUT2D eigenvalue weighted by Gasteiger charge is 2.35. The van der Waals surface area contributed by atoms with Gasteiger partial charge in [-0.15, -0.1) is 0 Å². The first-order chi connectivity index (χ1) is 9.87. The van der Waals surface area contributed by atoms with Crippen molar-refractivity contribution < 1.29 is 13.5 Å². The van der Waals surface area contributed by atoms with Gasteiger partial charge in [0.15, 0.2) is 0 Å². The Morgan fingerprint density at radius 2 is 1.90 bits per heavy atom. The quantitative estimate of drug-likeness (QED) is 0.807. The van der Waals surface area contributed by atoms with Crippen molar-refractivity contribution in [2.45, 2.75) is 43.1 Å². The summed E-state index contributed by atoms with van der Waals surface area (Å²) in [5.74, 6) is 0.397. The van der Waals surface area contributed by atoms with E-state index >= 15 is 0 Å². The Labute approximate surface area is 125 Å². The Balaban J connectivity index is 2.12. The van der Waals surface area contributed by atoms with Crippen LogP contribution in [0.3, 0.4) is 0 Å². The molecule has 0 bridgehead atoms. The SMILES string of the molecule is CCNc1ncc(S(=O)(=O)N(C)CC2(O)CCCC2)cn1. The molecular formula is C13H22N4O3S. The maximum atomic E-state index is 12.4. The van der Waals surface area contributed by atoms with Crippen molar-refractivity contribution in [2.24, 2.45) is 0 Å². The second-order valence-electron chi connectivity index (χ2n) is 5.47. The zero-order valence-corrected chi connectivity index (χ0v) is 13.2. The molecule has 0 radical (unpaired) electrons. The van der Waals surface area contributed by atoms with E-state index in [1.54, 1.807) is 0 Å². The van der Waals surface area contributed by atoms with Crippen LogP contribution in [0.5, 0.6) is 0 Å². The van der Waals surface area contributed by atoms with E-state index in [2.05, 4.69) is 15.3 Å². The van der Waals surface area contributed by atoms with E-state index in [-0.39, 0.29) is 11.4 Å². The Morgan fingerprint density at radius 1 is 1.33 bits per heavy atom. The van der Waals surface area contributed by atoms with E-state index in [0.29, 0.717) is 25.3 Å². The van der Waals surface area contributed by atoms with Crippen LogP contribution >= 0.6 is 0 Å². The minimum absolute atomic E-state index is 0.0354. The van der Waals surface area contributed by atoms with Gasteiger partial charge in [-0.3, -0.25) is 0 Å². The van der Waals surface area contributed by atoms with Crippen LogP contribution in [0.4, 0.5) is 5.95 Å². The maximum Gasteiger partial charge on any atom is 0.245 e. The highest BCUT2D eigenvalue weighted by molar-refractivity contribution is 7.89. The van der Waals surface area contributed by atoms with Gasteiger partial charge in [-0.2, -0.15) is 4.31 Å². The third-order valence-electron chi connectivity index (χ3n) is 3.72. The summed E-state index contributed by atoms with van der Waals surface area (Å²) in [6, 6.07) is 0. The van der Waals surface area contributed by atoms with Crippen LogP contribution in [-0.2, 0) is 10.0 Å². The predicted octanol–water partition coefficient (Wildman–Crippen LogP) is 0.834. The van der Waals surface area contributed by atoms with Crippen LogP contribution in [0.2, 0.25) is 0 Å². The second-order valence-corrected chi connectivity index (χ2v) is 7.51. The molecule has 118 valence electrons. The van der Waals surface area contributed by atoms with Crippen LogP contribution in [-0.4, -0.2) is 53.5 Å². The van der Waals surface area contributed by atoms with Crippen molar-refractivity contribution in [3.63, 3.8) is 0 Å². The minimum Gasteiger partial charge on any atom is -0.389 e. The number of hydrogen-bond acceptors (Lipinski definition) is 6. The zero-order chi connectivity index (χ0) is 15.5. The number of hydrogen-bond donors (Lipinski definition) is 2. The average molecular weight is 314 g/mol. The lowest BCUT2D eigenvalue weighted by Gasteiger charge is -2.27. The summed E-state index contributed by atoms with van der Waals surface area (Å²) in [5, 5.41) is 13.2. The van der Waals surface area contributed by atoms with E-state index in [1.165, 1.54) is 23.7 Å². The number of nitrogens with zero attached hydrogens (tertiary/aromatic N) is 3. The molecule has 1 aromatic rings. The number of aromatic nitrogens is 2. The fourth-order valence-electron chi connectivity index (χ4n) is 2.57. The minimum atomic E-state index is -3.68. The van der Waals surface area contributed by atoms with Gasteiger partial charge in [-0.05, 0) is 19.8 Å². The van der Waals surface area contributed by atoms with Crippen LogP contribution < -0.4 is 5.32 Å². The maximum absolute atomic E-state index is 12.4. The molecule has 1 saturated carbocycles. The first-order valence-corrected chi connectivity index (χ1v) is 8.56. The zero-order valence-electron chi connectivity index (χ0n) is 12.4. The molecule has 8 heteroatoms. The standard InChI is InChI=1S/C13H22N4O3S/c1-3-14-12-15-8-11(9-16-12)21(19,20)17(2)10-13(18)6-4-5-7-13/h8-9,18H,3-7,10H2,1-2H3,(H,14,15,16). The Morgan fingerprint density at radius 3 is 2.43 bits per heavy atom. The van der Waals surface area contributed by atoms with E-state index in [1.807, 2.05) is 6.92 Å². The van der Waals surface area contributed by atoms with Gasteiger partial charge in [-0.25, -0.2) is 18.4 Å². The molecular weight excluding hydrogens is 292 g/mol. The topological polar surface area (TPSA) is 95.4 Å². The Hall–Kier alpha value is -1.25. The van der Waals surface area contributed by atoms with Crippen LogP contribution in [0.25, 0.3) is 0 Å². The van der Waals surface area contributed by atoms with Gasteiger partial charge in [0.2, 0.25) is 16.0 Å². The van der Waals surface area contributed by atoms with Gasteiger partial charge in [-0.1, -0.05) is 12.8 Å². The molecule has 0 spiro atoms. The number of nitrogens with one attached hydrogen (secondary N) is 1. The van der Waals surface area contributed by atoms with Crippen molar-refractivity contribution in [1.82, 2.24) is 14.3 Å². The molecule has 0 atom stereocenters. The third kappa shape index (κ3) is 3.69. The van der Waals surface area contributed by atoms with Gasteiger partial charge in [0.05, 0.1) is 18.0 Å². The summed E-state index contributed by atoms with van der Waals surface area (Å²) in [6.07, 6.45) is 5.73. The second kappa shape index (κ2) is 6.25. The monoisotopic (exact) mass is 314 g/mol. The van der Waals surface area contributed by atoms with Crippen LogP contribution in [0.15, 0.2) is 17.3 Å². The lowest BCUT2D eigenvalue weighted by Crippen LogP contribution is -2.42. The molecule has 1 aliphatic rings. The molecule has 1 aliphatic carbocycles. The van der Waals surface area contributed by atoms with Crippen LogP contribution in [0, 0.1) is 0 Å². The molecule has 21 heavy (non-hydrogen) atoms.